The number of hydrogen-bond donors (Lipinski definition) is 1. The van der Waals surface area contributed by atoms with Crippen molar-refractivity contribution in [1.82, 2.24) is 0 Å². The molecule has 0 aliphatic heterocycles. The standard InChI is InChI=1S/C15H11N3O/c1-19-14-7-5-13(6-8-14)18-15-11(9-16)3-2-4-12(15)10-17/h2-8,18H,1H3. The van der Waals surface area contributed by atoms with Crippen LogP contribution in [0.1, 0.15) is 11.1 Å². The number of hydrogen-bond acceptors (Lipinski definition) is 4. The van der Waals surface area contributed by atoms with Crippen molar-refractivity contribution in [2.24, 2.45) is 0 Å². The fourth-order valence-corrected chi connectivity index (χ4v) is 1.69. The molecule has 0 fully saturated rings. The number of nitrogens with zero attached hydrogens (tertiary/aromatic N) is 2. The lowest BCUT2D eigenvalue weighted by Gasteiger charge is -2.10. The highest BCUT2D eigenvalue weighted by Crippen LogP contribution is 2.25. The van der Waals surface area contributed by atoms with Crippen molar-refractivity contribution in [2.75, 3.05) is 12.4 Å². The van der Waals surface area contributed by atoms with Gasteiger partial charge in [0.1, 0.15) is 17.9 Å². The number of nitriles is 2. The summed E-state index contributed by atoms with van der Waals surface area (Å²) in [6.07, 6.45) is 0. The van der Waals surface area contributed by atoms with Gasteiger partial charge in [0, 0.05) is 5.69 Å². The van der Waals surface area contributed by atoms with Crippen LogP contribution in [0.25, 0.3) is 0 Å². The molecule has 0 unspecified atom stereocenters. The van der Waals surface area contributed by atoms with E-state index in [4.69, 9.17) is 15.3 Å². The smallest absolute Gasteiger partial charge is 0.119 e. The van der Waals surface area contributed by atoms with Crippen LogP contribution < -0.4 is 10.1 Å². The van der Waals surface area contributed by atoms with E-state index in [1.807, 2.05) is 24.3 Å². The van der Waals surface area contributed by atoms with Crippen molar-refractivity contribution in [3.8, 4) is 17.9 Å². The van der Waals surface area contributed by atoms with E-state index >= 15 is 0 Å². The maximum Gasteiger partial charge on any atom is 0.119 e. The van der Waals surface area contributed by atoms with Crippen molar-refractivity contribution < 1.29 is 4.74 Å². The third-order valence-corrected chi connectivity index (χ3v) is 2.66. The molecule has 0 aliphatic carbocycles. The van der Waals surface area contributed by atoms with Crippen LogP contribution in [0.2, 0.25) is 0 Å². The minimum Gasteiger partial charge on any atom is -0.497 e. The maximum atomic E-state index is 9.08. The molecule has 4 heteroatoms. The molecular weight excluding hydrogens is 238 g/mol. The summed E-state index contributed by atoms with van der Waals surface area (Å²) in [5.74, 6) is 0.750. The molecule has 0 amide bonds. The number of rotatable bonds is 3. The molecule has 0 radical (unpaired) electrons. The van der Waals surface area contributed by atoms with E-state index in [1.54, 1.807) is 25.3 Å². The number of ether oxygens (including phenoxy) is 1. The second-order valence-corrected chi connectivity index (χ2v) is 3.81. The topological polar surface area (TPSA) is 68.8 Å². The van der Waals surface area contributed by atoms with Crippen molar-refractivity contribution in [1.29, 1.82) is 10.5 Å². The van der Waals surface area contributed by atoms with E-state index in [2.05, 4.69) is 17.5 Å². The third kappa shape index (κ3) is 2.65. The van der Waals surface area contributed by atoms with Gasteiger partial charge in [-0.2, -0.15) is 10.5 Å². The van der Waals surface area contributed by atoms with Gasteiger partial charge in [-0.05, 0) is 36.4 Å². The largest absolute Gasteiger partial charge is 0.497 e. The summed E-state index contributed by atoms with van der Waals surface area (Å²) >= 11 is 0. The van der Waals surface area contributed by atoms with E-state index in [-0.39, 0.29) is 0 Å². The summed E-state index contributed by atoms with van der Waals surface area (Å²) in [4.78, 5) is 0. The first-order chi connectivity index (χ1) is 9.28. The molecule has 0 spiro atoms. The van der Waals surface area contributed by atoms with E-state index < -0.39 is 0 Å². The number of anilines is 2. The average molecular weight is 249 g/mol. The molecule has 4 nitrogen and oxygen atoms in total. The molecular formula is C15H11N3O. The fourth-order valence-electron chi connectivity index (χ4n) is 1.69. The van der Waals surface area contributed by atoms with Gasteiger partial charge in [-0.1, -0.05) is 6.07 Å². The van der Waals surface area contributed by atoms with Gasteiger partial charge >= 0.3 is 0 Å². The van der Waals surface area contributed by atoms with Gasteiger partial charge < -0.3 is 10.1 Å². The summed E-state index contributed by atoms with van der Waals surface area (Å²) in [5, 5.41) is 21.3. The number of benzene rings is 2. The van der Waals surface area contributed by atoms with Gasteiger partial charge in [-0.15, -0.1) is 0 Å². The molecule has 2 aromatic rings. The Bertz CT molecular complexity index is 631. The van der Waals surface area contributed by atoms with Crippen LogP contribution in [-0.2, 0) is 0 Å². The first-order valence-electron chi connectivity index (χ1n) is 5.62. The Hall–Kier alpha value is -2.98. The van der Waals surface area contributed by atoms with Gasteiger partial charge in [0.2, 0.25) is 0 Å². The van der Waals surface area contributed by atoms with Gasteiger partial charge in [-0.25, -0.2) is 0 Å². The van der Waals surface area contributed by atoms with Crippen LogP contribution in [0.4, 0.5) is 11.4 Å². The summed E-state index contributed by atoms with van der Waals surface area (Å²) in [5.41, 5.74) is 2.20. The highest BCUT2D eigenvalue weighted by molar-refractivity contribution is 5.73. The van der Waals surface area contributed by atoms with Gasteiger partial charge in [0.05, 0.1) is 23.9 Å². The second kappa shape index (κ2) is 5.57. The molecule has 19 heavy (non-hydrogen) atoms. The number of para-hydroxylation sites is 1. The quantitative estimate of drug-likeness (QED) is 0.907. The van der Waals surface area contributed by atoms with Crippen LogP contribution >= 0.6 is 0 Å². The minimum absolute atomic E-state index is 0.440. The number of nitrogens with one attached hydrogen (secondary N) is 1. The maximum absolute atomic E-state index is 9.08. The Morgan fingerprint density at radius 1 is 0.947 bits per heavy atom. The fraction of sp³-hybridized carbons (Fsp3) is 0.0667. The highest BCUT2D eigenvalue weighted by atomic mass is 16.5. The Morgan fingerprint density at radius 2 is 1.53 bits per heavy atom. The van der Waals surface area contributed by atoms with E-state index in [0.29, 0.717) is 16.8 Å². The Balaban J connectivity index is 2.37. The van der Waals surface area contributed by atoms with Crippen molar-refractivity contribution in [2.45, 2.75) is 0 Å². The first kappa shape index (κ1) is 12.5. The van der Waals surface area contributed by atoms with Crippen molar-refractivity contribution in [3.05, 3.63) is 53.6 Å². The summed E-state index contributed by atoms with van der Waals surface area (Å²) in [7, 11) is 1.60. The predicted octanol–water partition coefficient (Wildman–Crippen LogP) is 3.18. The predicted molar refractivity (Wildman–Crippen MR) is 72.1 cm³/mol. The van der Waals surface area contributed by atoms with Gasteiger partial charge in [0.15, 0.2) is 0 Å². The molecule has 92 valence electrons. The van der Waals surface area contributed by atoms with Gasteiger partial charge in [0.25, 0.3) is 0 Å². The van der Waals surface area contributed by atoms with E-state index in [9.17, 15) is 0 Å². The average Bonchev–Trinajstić information content (AvgIpc) is 2.48. The van der Waals surface area contributed by atoms with Gasteiger partial charge in [-0.3, -0.25) is 0 Å². The Kier molecular flexibility index (Phi) is 3.66. The highest BCUT2D eigenvalue weighted by Gasteiger charge is 2.08. The molecule has 2 rings (SSSR count). The molecule has 0 bridgehead atoms. The second-order valence-electron chi connectivity index (χ2n) is 3.81. The Morgan fingerprint density at radius 3 is 2.00 bits per heavy atom. The summed E-state index contributed by atoms with van der Waals surface area (Å²) in [6, 6.07) is 16.5. The molecule has 0 saturated carbocycles. The number of methoxy groups -OCH3 is 1. The lowest BCUT2D eigenvalue weighted by Crippen LogP contribution is -1.97. The third-order valence-electron chi connectivity index (χ3n) is 2.66. The normalized spacial score (nSPS) is 9.21. The van der Waals surface area contributed by atoms with Crippen molar-refractivity contribution in [3.63, 3.8) is 0 Å². The minimum atomic E-state index is 0.440. The SMILES string of the molecule is COc1ccc(Nc2c(C#N)cccc2C#N)cc1. The van der Waals surface area contributed by atoms with Crippen LogP contribution in [0, 0.1) is 22.7 Å². The molecule has 0 heterocycles. The lowest BCUT2D eigenvalue weighted by molar-refractivity contribution is 0.415. The molecule has 2 aromatic carbocycles. The first-order valence-corrected chi connectivity index (χ1v) is 5.62. The molecule has 0 aromatic heterocycles. The van der Waals surface area contributed by atoms with Crippen LogP contribution in [0.3, 0.4) is 0 Å². The molecule has 1 N–H and O–H groups in total. The monoisotopic (exact) mass is 249 g/mol. The Labute approximate surface area is 111 Å². The van der Waals surface area contributed by atoms with E-state index in [0.717, 1.165) is 11.4 Å². The lowest BCUT2D eigenvalue weighted by atomic mass is 10.1. The zero-order valence-corrected chi connectivity index (χ0v) is 10.3. The zero-order chi connectivity index (χ0) is 13.7. The van der Waals surface area contributed by atoms with E-state index in [1.165, 1.54) is 0 Å². The molecule has 0 atom stereocenters. The summed E-state index contributed by atoms with van der Waals surface area (Å²) in [6.45, 7) is 0. The molecule has 0 aliphatic rings. The van der Waals surface area contributed by atoms with Crippen LogP contribution in [-0.4, -0.2) is 7.11 Å². The van der Waals surface area contributed by atoms with Crippen LogP contribution in [0.5, 0.6) is 5.75 Å². The van der Waals surface area contributed by atoms with Crippen molar-refractivity contribution >= 4 is 11.4 Å². The molecule has 0 saturated heterocycles. The van der Waals surface area contributed by atoms with Crippen LogP contribution in [0.15, 0.2) is 42.5 Å². The summed E-state index contributed by atoms with van der Waals surface area (Å²) < 4.78 is 5.08. The zero-order valence-electron chi connectivity index (χ0n) is 10.3.